The van der Waals surface area contributed by atoms with Gasteiger partial charge in [0.05, 0.1) is 26.6 Å². The predicted octanol–water partition coefficient (Wildman–Crippen LogP) is 10.3. The lowest BCUT2D eigenvalue weighted by molar-refractivity contribution is -0.116. The second kappa shape index (κ2) is 12.5. The maximum atomic E-state index is 14.5. The fourth-order valence-electron chi connectivity index (χ4n) is 6.76. The van der Waals surface area contributed by atoms with Crippen LogP contribution in [0.5, 0.6) is 11.5 Å². The van der Waals surface area contributed by atoms with E-state index < -0.39 is 8.07 Å². The monoisotopic (exact) mass is 590 g/mol. The van der Waals surface area contributed by atoms with E-state index in [4.69, 9.17) is 9.47 Å². The summed E-state index contributed by atoms with van der Waals surface area (Å²) < 4.78 is 12.4. The van der Waals surface area contributed by atoms with E-state index in [0.29, 0.717) is 45.3 Å². The normalized spacial score (nSPS) is 14.3. The number of benzene rings is 4. The second-order valence-corrected chi connectivity index (χ2v) is 17.8. The maximum absolute atomic E-state index is 14.5. The summed E-state index contributed by atoms with van der Waals surface area (Å²) >= 11 is 0. The molecular formula is C37H42N2O3Si. The molecule has 0 radical (unpaired) electrons. The first-order chi connectivity index (χ1) is 20.7. The van der Waals surface area contributed by atoms with Crippen molar-refractivity contribution in [2.45, 2.75) is 58.2 Å². The fourth-order valence-corrected chi connectivity index (χ4v) is 12.4. The molecule has 5 rings (SSSR count). The average Bonchev–Trinajstić information content (AvgIpc) is 3.01. The highest BCUT2D eigenvalue weighted by atomic mass is 28.3. The number of amides is 1. The van der Waals surface area contributed by atoms with Crippen molar-refractivity contribution in [3.05, 3.63) is 115 Å². The Hall–Kier alpha value is -4.29. The van der Waals surface area contributed by atoms with E-state index in [1.165, 1.54) is 0 Å². The van der Waals surface area contributed by atoms with Gasteiger partial charge >= 0.3 is 0 Å². The third-order valence-electron chi connectivity index (χ3n) is 8.81. The number of para-hydroxylation sites is 4. The average molecular weight is 591 g/mol. The van der Waals surface area contributed by atoms with E-state index >= 15 is 0 Å². The largest absolute Gasteiger partial charge is 0.495 e. The molecule has 0 bridgehead atoms. The van der Waals surface area contributed by atoms with E-state index in [0.717, 1.165) is 17.1 Å². The Morgan fingerprint density at radius 3 is 1.77 bits per heavy atom. The van der Waals surface area contributed by atoms with Gasteiger partial charge in [-0.1, -0.05) is 90.1 Å². The zero-order valence-corrected chi connectivity index (χ0v) is 27.2. The molecule has 0 fully saturated rings. The van der Waals surface area contributed by atoms with Crippen LogP contribution in [0, 0.1) is 0 Å². The minimum absolute atomic E-state index is 0.174. The van der Waals surface area contributed by atoms with Crippen LogP contribution in [0.1, 0.15) is 41.5 Å². The summed E-state index contributed by atoms with van der Waals surface area (Å²) in [6.45, 7) is 13.7. The minimum atomic E-state index is -2.15. The van der Waals surface area contributed by atoms with Gasteiger partial charge in [0, 0.05) is 23.1 Å². The summed E-state index contributed by atoms with van der Waals surface area (Å²) in [6.07, 6.45) is 0. The Balaban J connectivity index is 1.74. The first kappa shape index (κ1) is 30.2. The fraction of sp³-hybridized carbons (Fsp3) is 0.270. The Morgan fingerprint density at radius 1 is 0.698 bits per heavy atom. The lowest BCUT2D eigenvalue weighted by Gasteiger charge is -2.42. The number of carbonyl (C=O) groups excluding carboxylic acids is 1. The highest BCUT2D eigenvalue weighted by Gasteiger charge is 2.44. The molecule has 1 heterocycles. The summed E-state index contributed by atoms with van der Waals surface area (Å²) in [4.78, 5) is 18.4. The quantitative estimate of drug-likeness (QED) is 0.144. The topological polar surface area (TPSA) is 42.0 Å². The number of hydrogen-bond donors (Lipinski definition) is 0. The van der Waals surface area contributed by atoms with Crippen LogP contribution in [0.4, 0.5) is 28.4 Å². The second-order valence-electron chi connectivity index (χ2n) is 12.0. The summed E-state index contributed by atoms with van der Waals surface area (Å²) in [5.41, 5.74) is 7.88. The highest BCUT2D eigenvalue weighted by molar-refractivity contribution is 6.88. The Morgan fingerprint density at radius 2 is 1.23 bits per heavy atom. The van der Waals surface area contributed by atoms with E-state index in [2.05, 4.69) is 76.4 Å². The van der Waals surface area contributed by atoms with Crippen molar-refractivity contribution in [1.82, 2.24) is 0 Å². The van der Waals surface area contributed by atoms with Crippen LogP contribution < -0.4 is 19.3 Å². The molecule has 4 aromatic rings. The van der Waals surface area contributed by atoms with Crippen molar-refractivity contribution in [1.29, 1.82) is 0 Å². The Kier molecular flexibility index (Phi) is 8.78. The minimum Gasteiger partial charge on any atom is -0.495 e. The van der Waals surface area contributed by atoms with Gasteiger partial charge < -0.3 is 14.4 Å². The molecule has 0 saturated heterocycles. The molecule has 5 nitrogen and oxygen atoms in total. The first-order valence-corrected chi connectivity index (χ1v) is 17.4. The summed E-state index contributed by atoms with van der Waals surface area (Å²) in [6, 6.07) is 34.3. The van der Waals surface area contributed by atoms with Crippen molar-refractivity contribution in [3.8, 4) is 11.5 Å². The van der Waals surface area contributed by atoms with Gasteiger partial charge in [0.1, 0.15) is 5.75 Å². The first-order valence-electron chi connectivity index (χ1n) is 15.1. The zero-order valence-electron chi connectivity index (χ0n) is 26.2. The molecule has 0 saturated carbocycles. The van der Waals surface area contributed by atoms with Gasteiger partial charge in [0.2, 0.25) is 0 Å². The van der Waals surface area contributed by atoms with Gasteiger partial charge in [-0.3, -0.25) is 9.69 Å². The summed E-state index contributed by atoms with van der Waals surface area (Å²) in [5, 5.41) is 0. The van der Waals surface area contributed by atoms with Crippen molar-refractivity contribution in [3.63, 3.8) is 0 Å². The molecule has 4 aromatic carbocycles. The van der Waals surface area contributed by atoms with Crippen molar-refractivity contribution in [2.24, 2.45) is 0 Å². The van der Waals surface area contributed by atoms with Crippen LogP contribution in [0.15, 0.2) is 115 Å². The van der Waals surface area contributed by atoms with Crippen molar-refractivity contribution in [2.75, 3.05) is 16.9 Å². The number of nitrogens with zero attached hydrogens (tertiary/aromatic N) is 2. The third kappa shape index (κ3) is 5.59. The molecule has 1 aliphatic heterocycles. The van der Waals surface area contributed by atoms with Crippen LogP contribution in [0.2, 0.25) is 16.6 Å². The SMILES string of the molecule is COc1ccccc1N1C(=O)/C(=C/[Si](C(C)C)(C(C)C)C(C)C)Oc2cc(N(c3ccccc3)c3ccccc3)ccc21. The molecule has 1 aliphatic rings. The molecule has 1 amide bonds. The van der Waals surface area contributed by atoms with Crippen LogP contribution in [-0.4, -0.2) is 21.1 Å². The van der Waals surface area contributed by atoms with Gasteiger partial charge in [-0.2, -0.15) is 0 Å². The molecule has 6 heteroatoms. The van der Waals surface area contributed by atoms with Crippen LogP contribution in [-0.2, 0) is 4.79 Å². The number of anilines is 5. The lowest BCUT2D eigenvalue weighted by Crippen LogP contribution is -2.45. The van der Waals surface area contributed by atoms with Gasteiger partial charge in [-0.25, -0.2) is 0 Å². The van der Waals surface area contributed by atoms with Crippen LogP contribution >= 0.6 is 0 Å². The molecule has 0 N–H and O–H groups in total. The van der Waals surface area contributed by atoms with Crippen LogP contribution in [0.3, 0.4) is 0 Å². The molecule has 0 unspecified atom stereocenters. The standard InChI is InChI=1S/C37H42N2O3Si/c1-26(2)43(27(3)4,28(5)6)25-36-37(40)39(32-20-14-15-21-34(32)41-7)33-23-22-31(24-35(33)42-36)38(29-16-10-8-11-17-29)30-18-12-9-13-19-30/h8-28H,1-7H3/b36-25-. The van der Waals surface area contributed by atoms with E-state index in [1.54, 1.807) is 12.0 Å². The Labute approximate surface area is 257 Å². The van der Waals surface area contributed by atoms with E-state index in [9.17, 15) is 4.79 Å². The van der Waals surface area contributed by atoms with Gasteiger partial charge in [0.25, 0.3) is 5.91 Å². The molecule has 0 aromatic heterocycles. The summed E-state index contributed by atoms with van der Waals surface area (Å²) in [7, 11) is -0.512. The number of rotatable bonds is 9. The molecule has 43 heavy (non-hydrogen) atoms. The zero-order chi connectivity index (χ0) is 30.7. The number of ether oxygens (including phenoxy) is 2. The van der Waals surface area contributed by atoms with E-state index in [1.807, 2.05) is 78.9 Å². The number of carbonyl (C=O) groups is 1. The number of hydrogen-bond acceptors (Lipinski definition) is 4. The van der Waals surface area contributed by atoms with Crippen LogP contribution in [0.25, 0.3) is 0 Å². The molecule has 0 aliphatic carbocycles. The molecule has 0 spiro atoms. The van der Waals surface area contributed by atoms with Crippen molar-refractivity contribution < 1.29 is 14.3 Å². The molecular weight excluding hydrogens is 549 g/mol. The smallest absolute Gasteiger partial charge is 0.298 e. The predicted molar refractivity (Wildman–Crippen MR) is 181 cm³/mol. The number of fused-ring (bicyclic) bond motifs is 1. The molecule has 0 atom stereocenters. The van der Waals surface area contributed by atoms with E-state index in [-0.39, 0.29) is 5.91 Å². The van der Waals surface area contributed by atoms with Gasteiger partial charge in [0.15, 0.2) is 11.5 Å². The number of methoxy groups -OCH3 is 1. The van der Waals surface area contributed by atoms with Gasteiger partial charge in [-0.05, 0) is 70.9 Å². The van der Waals surface area contributed by atoms with Crippen molar-refractivity contribution >= 4 is 42.4 Å². The maximum Gasteiger partial charge on any atom is 0.298 e. The summed E-state index contributed by atoms with van der Waals surface area (Å²) in [5.74, 6) is 1.48. The van der Waals surface area contributed by atoms with Gasteiger partial charge in [-0.15, -0.1) is 0 Å². The molecule has 222 valence electrons. The Bertz CT molecular complexity index is 1540. The highest BCUT2D eigenvalue weighted by Crippen LogP contribution is 2.49. The third-order valence-corrected chi connectivity index (χ3v) is 15.6. The lowest BCUT2D eigenvalue weighted by atomic mass is 10.1.